The highest BCUT2D eigenvalue weighted by Crippen LogP contribution is 2.43. The number of amides is 1. The van der Waals surface area contributed by atoms with Crippen molar-refractivity contribution in [3.63, 3.8) is 0 Å². The second-order valence-electron chi connectivity index (χ2n) is 23.5. The summed E-state index contributed by atoms with van der Waals surface area (Å²) >= 11 is 0. The van der Waals surface area contributed by atoms with Crippen molar-refractivity contribution in [1.82, 2.24) is 5.32 Å². The van der Waals surface area contributed by atoms with E-state index in [1.54, 1.807) is 6.08 Å². The number of phosphoric acid groups is 1. The molecule has 3 atom stereocenters. The van der Waals surface area contributed by atoms with Crippen LogP contribution in [0.15, 0.2) is 12.2 Å². The van der Waals surface area contributed by atoms with Crippen molar-refractivity contribution in [1.29, 1.82) is 0 Å². The highest BCUT2D eigenvalue weighted by Gasteiger charge is 2.28. The first kappa shape index (κ1) is 71.2. The van der Waals surface area contributed by atoms with Crippen LogP contribution in [0, 0.1) is 0 Å². The van der Waals surface area contributed by atoms with E-state index in [2.05, 4.69) is 19.2 Å². The maximum absolute atomic E-state index is 13.0. The van der Waals surface area contributed by atoms with Gasteiger partial charge in [0.1, 0.15) is 13.2 Å². The third kappa shape index (κ3) is 57.0. The number of likely N-dealkylation sites (N-methyl/N-ethyl adjacent to an activating group) is 1. The summed E-state index contributed by atoms with van der Waals surface area (Å²) in [5.74, 6) is -0.169. The van der Waals surface area contributed by atoms with Gasteiger partial charge in [0.2, 0.25) is 5.91 Å². The number of unbranched alkanes of at least 4 members (excludes halogenated alkanes) is 47. The number of hydrogen-bond acceptors (Lipinski definition) is 5. The van der Waals surface area contributed by atoms with Crippen LogP contribution < -0.4 is 5.32 Å². The first-order chi connectivity index (χ1) is 35.0. The lowest BCUT2D eigenvalue weighted by molar-refractivity contribution is -0.870. The molecule has 0 saturated heterocycles. The van der Waals surface area contributed by atoms with E-state index in [1.807, 2.05) is 27.2 Å². The average Bonchev–Trinajstić information content (AvgIpc) is 3.34. The van der Waals surface area contributed by atoms with Gasteiger partial charge in [-0.2, -0.15) is 0 Å². The van der Waals surface area contributed by atoms with Crippen molar-refractivity contribution in [2.24, 2.45) is 0 Å². The van der Waals surface area contributed by atoms with Gasteiger partial charge in [-0.1, -0.05) is 321 Å². The van der Waals surface area contributed by atoms with Gasteiger partial charge in [0.05, 0.1) is 39.9 Å². The standard InChI is InChI=1S/C63H127N2O6P/c1-6-8-10-12-14-16-18-20-22-24-26-27-28-29-30-31-32-33-34-35-36-37-38-39-40-42-44-46-48-50-52-54-56-62(66)61(60-71-72(68,69)70-59-58-65(3,4)5)64-63(67)57-55-53-51-49-47-45-43-41-25-23-21-19-17-15-13-11-9-7-2/h54,56,61-62,66H,6-53,55,57-60H2,1-5H3,(H-,64,67,68,69)/p+1/b56-54+. The monoisotopic (exact) mass is 1040 g/mol. The number of rotatable bonds is 60. The van der Waals surface area contributed by atoms with Crippen LogP contribution in [0.3, 0.4) is 0 Å². The van der Waals surface area contributed by atoms with Crippen LogP contribution >= 0.6 is 7.82 Å². The Morgan fingerprint density at radius 1 is 0.458 bits per heavy atom. The van der Waals surface area contributed by atoms with Crippen molar-refractivity contribution in [3.8, 4) is 0 Å². The molecule has 9 heteroatoms. The minimum Gasteiger partial charge on any atom is -0.387 e. The van der Waals surface area contributed by atoms with Gasteiger partial charge in [-0.05, 0) is 19.3 Å². The number of nitrogens with zero attached hydrogens (tertiary/aromatic N) is 1. The molecule has 8 nitrogen and oxygen atoms in total. The Hall–Kier alpha value is -0.760. The van der Waals surface area contributed by atoms with E-state index in [9.17, 15) is 19.4 Å². The predicted molar refractivity (Wildman–Crippen MR) is 314 cm³/mol. The van der Waals surface area contributed by atoms with Gasteiger partial charge in [0.25, 0.3) is 0 Å². The molecule has 0 aromatic heterocycles. The smallest absolute Gasteiger partial charge is 0.387 e. The van der Waals surface area contributed by atoms with Gasteiger partial charge in [0.15, 0.2) is 0 Å². The number of carbonyl (C=O) groups is 1. The fraction of sp³-hybridized carbons (Fsp3) is 0.952. The number of nitrogens with one attached hydrogen (secondary N) is 1. The summed E-state index contributed by atoms with van der Waals surface area (Å²) in [5, 5.41) is 14.0. The first-order valence-electron chi connectivity index (χ1n) is 32.1. The minimum absolute atomic E-state index is 0.0653. The summed E-state index contributed by atoms with van der Waals surface area (Å²) in [6.45, 7) is 4.88. The molecule has 0 aliphatic carbocycles. The van der Waals surface area contributed by atoms with E-state index in [0.29, 0.717) is 17.4 Å². The first-order valence-corrected chi connectivity index (χ1v) is 33.6. The van der Waals surface area contributed by atoms with Crippen LogP contribution in [0.2, 0.25) is 0 Å². The maximum atomic E-state index is 13.0. The van der Waals surface area contributed by atoms with Gasteiger partial charge >= 0.3 is 7.82 Å². The van der Waals surface area contributed by atoms with Crippen LogP contribution in [0.1, 0.15) is 335 Å². The lowest BCUT2D eigenvalue weighted by Crippen LogP contribution is -2.45. The summed E-state index contributed by atoms with van der Waals surface area (Å²) in [7, 11) is 1.59. The molecule has 0 aromatic rings. The SMILES string of the molecule is CCCCCCCCCCCCCCCCCCCCCCCCCCCCCCCC/C=C/C(O)C(COP(=O)(O)OCC[N+](C)(C)C)NC(=O)CCCCCCCCCCCCCCCCCCCC. The number of carbonyl (C=O) groups excluding carboxylic acids is 1. The topological polar surface area (TPSA) is 105 Å². The summed E-state index contributed by atoms with van der Waals surface area (Å²) in [5.41, 5.74) is 0. The number of allylic oxidation sites excluding steroid dienone is 1. The zero-order valence-electron chi connectivity index (χ0n) is 49.2. The number of hydrogen-bond donors (Lipinski definition) is 3. The Kier molecular flexibility index (Phi) is 54.4. The third-order valence-corrected chi connectivity index (χ3v) is 16.0. The van der Waals surface area contributed by atoms with Crippen molar-refractivity contribution in [2.75, 3.05) is 40.9 Å². The summed E-state index contributed by atoms with van der Waals surface area (Å²) in [6.07, 6.45) is 69.1. The lowest BCUT2D eigenvalue weighted by atomic mass is 10.0. The van der Waals surface area contributed by atoms with Gasteiger partial charge in [-0.25, -0.2) is 4.57 Å². The second-order valence-corrected chi connectivity index (χ2v) is 25.0. The third-order valence-electron chi connectivity index (χ3n) is 15.0. The molecule has 1 amide bonds. The Morgan fingerprint density at radius 2 is 0.736 bits per heavy atom. The normalized spacial score (nSPS) is 13.8. The molecule has 0 aliphatic rings. The van der Waals surface area contributed by atoms with Crippen LogP contribution in [-0.4, -0.2) is 73.4 Å². The molecular weight excluding hydrogens is 912 g/mol. The molecule has 0 bridgehead atoms. The summed E-state index contributed by atoms with van der Waals surface area (Å²) in [4.78, 5) is 23.3. The molecule has 0 aromatic carbocycles. The van der Waals surface area contributed by atoms with Crippen molar-refractivity contribution in [2.45, 2.75) is 347 Å². The van der Waals surface area contributed by atoms with E-state index in [1.165, 1.54) is 283 Å². The second kappa shape index (κ2) is 55.0. The van der Waals surface area contributed by atoms with Gasteiger partial charge in [-0.3, -0.25) is 13.8 Å². The summed E-state index contributed by atoms with van der Waals surface area (Å²) in [6, 6.07) is -0.842. The molecule has 0 aliphatic heterocycles. The van der Waals surface area contributed by atoms with Gasteiger partial charge in [-0.15, -0.1) is 0 Å². The highest BCUT2D eigenvalue weighted by molar-refractivity contribution is 7.47. The van der Waals surface area contributed by atoms with E-state index in [0.717, 1.165) is 32.1 Å². The Morgan fingerprint density at radius 3 is 1.03 bits per heavy atom. The Bertz CT molecular complexity index is 1180. The van der Waals surface area contributed by atoms with Crippen molar-refractivity contribution >= 4 is 13.7 Å². The number of quaternary nitrogens is 1. The van der Waals surface area contributed by atoms with E-state index in [-0.39, 0.29) is 19.1 Å². The van der Waals surface area contributed by atoms with E-state index < -0.39 is 20.0 Å². The Labute approximate surface area is 450 Å². The highest BCUT2D eigenvalue weighted by atomic mass is 31.2. The minimum atomic E-state index is -4.34. The average molecular weight is 1040 g/mol. The Balaban J connectivity index is 4.04. The van der Waals surface area contributed by atoms with E-state index in [4.69, 9.17) is 9.05 Å². The van der Waals surface area contributed by atoms with Crippen LogP contribution in [-0.2, 0) is 18.4 Å². The number of aliphatic hydroxyl groups is 1. The maximum Gasteiger partial charge on any atom is 0.472 e. The van der Waals surface area contributed by atoms with E-state index >= 15 is 0 Å². The molecule has 72 heavy (non-hydrogen) atoms. The van der Waals surface area contributed by atoms with Crippen LogP contribution in [0.4, 0.5) is 0 Å². The lowest BCUT2D eigenvalue weighted by Gasteiger charge is -2.25. The number of aliphatic hydroxyl groups excluding tert-OH is 1. The molecule has 0 heterocycles. The largest absolute Gasteiger partial charge is 0.472 e. The summed E-state index contributed by atoms with van der Waals surface area (Å²) < 4.78 is 23.8. The molecule has 0 fully saturated rings. The zero-order valence-corrected chi connectivity index (χ0v) is 50.1. The molecule has 430 valence electrons. The molecule has 3 unspecified atom stereocenters. The predicted octanol–water partition coefficient (Wildman–Crippen LogP) is 19.8. The molecule has 0 saturated carbocycles. The molecule has 0 rings (SSSR count). The van der Waals surface area contributed by atoms with Crippen molar-refractivity contribution < 1.29 is 32.9 Å². The van der Waals surface area contributed by atoms with Gasteiger partial charge < -0.3 is 19.8 Å². The molecule has 3 N–H and O–H groups in total. The van der Waals surface area contributed by atoms with Crippen LogP contribution in [0.5, 0.6) is 0 Å². The fourth-order valence-electron chi connectivity index (χ4n) is 9.99. The van der Waals surface area contributed by atoms with Crippen molar-refractivity contribution in [3.05, 3.63) is 12.2 Å². The molecule has 0 radical (unpaired) electrons. The van der Waals surface area contributed by atoms with Gasteiger partial charge in [0, 0.05) is 6.42 Å². The molecule has 0 spiro atoms. The van der Waals surface area contributed by atoms with Crippen LogP contribution in [0.25, 0.3) is 0 Å². The molecular formula is C63H128N2O6P+. The fourth-order valence-corrected chi connectivity index (χ4v) is 10.7. The number of phosphoric ester groups is 1. The zero-order chi connectivity index (χ0) is 52.7. The quantitative estimate of drug-likeness (QED) is 0.0243.